The van der Waals surface area contributed by atoms with E-state index in [0.29, 0.717) is 39.4 Å². The van der Waals surface area contributed by atoms with E-state index in [1.54, 1.807) is 24.3 Å². The van der Waals surface area contributed by atoms with E-state index in [4.69, 9.17) is 0 Å². The molecule has 5 aromatic rings. The van der Waals surface area contributed by atoms with Crippen molar-refractivity contribution in [3.05, 3.63) is 119 Å². The number of carbonyl (C=O) groups is 2. The van der Waals surface area contributed by atoms with Gasteiger partial charge in [-0.15, -0.1) is 0 Å². The molecule has 3 aromatic carbocycles. The van der Waals surface area contributed by atoms with Crippen LogP contribution in [-0.2, 0) is 4.79 Å². The van der Waals surface area contributed by atoms with Crippen molar-refractivity contribution in [2.24, 2.45) is 4.99 Å². The fraction of sp³-hybridized carbons (Fsp3) is 0.0690. The van der Waals surface area contributed by atoms with Crippen LogP contribution < -0.4 is 10.6 Å². The summed E-state index contributed by atoms with van der Waals surface area (Å²) in [5.74, 6) is -1.87. The molecule has 0 aliphatic carbocycles. The first-order valence-corrected chi connectivity index (χ1v) is 12.0. The highest BCUT2D eigenvalue weighted by molar-refractivity contribution is 6.20. The molecule has 0 radical (unpaired) electrons. The maximum Gasteiger partial charge on any atom is 0.274 e. The predicted octanol–water partition coefficient (Wildman–Crippen LogP) is 4.39. The van der Waals surface area contributed by atoms with Crippen molar-refractivity contribution >= 4 is 28.9 Å². The first-order chi connectivity index (χ1) is 18.5. The average molecular weight is 505 g/mol. The number of aromatic nitrogens is 3. The number of benzene rings is 3. The zero-order valence-electron chi connectivity index (χ0n) is 20.2. The minimum Gasteiger partial charge on any atom is -0.321 e. The number of benzodiazepines with no additional fused rings is 1. The normalized spacial score (nSPS) is 14.8. The van der Waals surface area contributed by atoms with Crippen LogP contribution in [0.1, 0.15) is 27.3 Å². The highest BCUT2D eigenvalue weighted by Gasteiger charge is 2.31. The van der Waals surface area contributed by atoms with Crippen molar-refractivity contribution in [1.29, 1.82) is 0 Å². The Kier molecular flexibility index (Phi) is 5.72. The molecule has 38 heavy (non-hydrogen) atoms. The molecule has 6 rings (SSSR count). The van der Waals surface area contributed by atoms with Gasteiger partial charge in [0.1, 0.15) is 11.5 Å². The smallest absolute Gasteiger partial charge is 0.274 e. The Morgan fingerprint density at radius 1 is 0.921 bits per heavy atom. The molecule has 186 valence electrons. The van der Waals surface area contributed by atoms with Gasteiger partial charge in [-0.05, 0) is 25.1 Å². The molecule has 2 amide bonds. The highest BCUT2D eigenvalue weighted by atomic mass is 19.1. The van der Waals surface area contributed by atoms with Crippen molar-refractivity contribution in [1.82, 2.24) is 19.9 Å². The second-order valence-electron chi connectivity index (χ2n) is 8.79. The zero-order valence-corrected chi connectivity index (χ0v) is 20.2. The van der Waals surface area contributed by atoms with Crippen LogP contribution in [0.5, 0.6) is 0 Å². The first-order valence-electron chi connectivity index (χ1n) is 12.0. The van der Waals surface area contributed by atoms with Gasteiger partial charge in [0.2, 0.25) is 6.17 Å². The fourth-order valence-electron chi connectivity index (χ4n) is 4.44. The summed E-state index contributed by atoms with van der Waals surface area (Å²) < 4.78 is 16.3. The van der Waals surface area contributed by atoms with Crippen LogP contribution in [0.4, 0.5) is 10.1 Å². The molecular formula is C29H21FN6O2. The van der Waals surface area contributed by atoms with Crippen LogP contribution in [0, 0.1) is 12.7 Å². The van der Waals surface area contributed by atoms with Gasteiger partial charge in [0.25, 0.3) is 11.8 Å². The maximum absolute atomic E-state index is 14.8. The number of nitrogens with zero attached hydrogens (tertiary/aromatic N) is 4. The van der Waals surface area contributed by atoms with E-state index in [-0.39, 0.29) is 11.4 Å². The van der Waals surface area contributed by atoms with Crippen molar-refractivity contribution in [2.45, 2.75) is 13.1 Å². The van der Waals surface area contributed by atoms with Crippen molar-refractivity contribution < 1.29 is 14.0 Å². The van der Waals surface area contributed by atoms with E-state index < -0.39 is 23.8 Å². The summed E-state index contributed by atoms with van der Waals surface area (Å²) in [6.45, 7) is 1.81. The second kappa shape index (κ2) is 9.36. The number of fused-ring (bicyclic) bond motifs is 2. The highest BCUT2D eigenvalue weighted by Crippen LogP contribution is 2.28. The van der Waals surface area contributed by atoms with E-state index in [2.05, 4.69) is 25.7 Å². The molecule has 0 saturated heterocycles. The van der Waals surface area contributed by atoms with E-state index in [0.717, 1.165) is 0 Å². The van der Waals surface area contributed by atoms with Gasteiger partial charge in [-0.25, -0.2) is 18.9 Å². The minimum absolute atomic E-state index is 0.00826. The molecule has 0 bridgehead atoms. The molecular weight excluding hydrogens is 483 g/mol. The first kappa shape index (κ1) is 23.2. The van der Waals surface area contributed by atoms with Crippen molar-refractivity contribution in [3.63, 3.8) is 0 Å². The molecule has 0 unspecified atom stereocenters. The summed E-state index contributed by atoms with van der Waals surface area (Å²) in [4.78, 5) is 36.3. The van der Waals surface area contributed by atoms with Crippen molar-refractivity contribution in [3.8, 4) is 11.3 Å². The molecule has 1 aliphatic rings. The molecule has 8 nitrogen and oxygen atoms in total. The Labute approximate surface area is 216 Å². The number of anilines is 1. The van der Waals surface area contributed by atoms with E-state index in [9.17, 15) is 14.0 Å². The third kappa shape index (κ3) is 4.09. The predicted molar refractivity (Wildman–Crippen MR) is 142 cm³/mol. The maximum atomic E-state index is 14.8. The van der Waals surface area contributed by atoms with Gasteiger partial charge >= 0.3 is 0 Å². The quantitative estimate of drug-likeness (QED) is 0.379. The monoisotopic (exact) mass is 504 g/mol. The van der Waals surface area contributed by atoms with Crippen molar-refractivity contribution in [2.75, 3.05) is 5.32 Å². The summed E-state index contributed by atoms with van der Waals surface area (Å²) >= 11 is 0. The SMILES string of the molecule is Cc1ccc2nc(-c3ccccc3)c(C(=O)N[C@H]3N=C(c4ccccc4)c4cccc(F)c4NC3=O)n2n1. The topological polar surface area (TPSA) is 101 Å². The summed E-state index contributed by atoms with van der Waals surface area (Å²) in [5, 5.41) is 9.81. The van der Waals surface area contributed by atoms with Crippen LogP contribution in [0.2, 0.25) is 0 Å². The van der Waals surface area contributed by atoms with Gasteiger partial charge in [-0.2, -0.15) is 5.10 Å². The number of imidazole rings is 1. The lowest BCUT2D eigenvalue weighted by Gasteiger charge is -2.14. The summed E-state index contributed by atoms with van der Waals surface area (Å²) in [7, 11) is 0. The standard InChI is InChI=1S/C29H21FN6O2/c1-17-15-16-22-31-24(19-11-6-3-7-12-19)26(36(22)35-17)28(37)34-27-29(38)33-25-20(13-8-14-21(25)30)23(32-27)18-9-4-2-5-10-18/h2-16,27H,1H3,(H,33,38)(H,34,37)/t27-/m1/s1. The minimum atomic E-state index is -1.34. The number of rotatable bonds is 4. The Hall–Kier alpha value is -5.18. The number of aryl methyl sites for hydroxylation is 1. The lowest BCUT2D eigenvalue weighted by molar-refractivity contribution is -0.117. The Balaban J connectivity index is 1.46. The third-order valence-electron chi connectivity index (χ3n) is 6.21. The van der Waals surface area contributed by atoms with Gasteiger partial charge in [-0.3, -0.25) is 9.59 Å². The van der Waals surface area contributed by atoms with Crippen LogP contribution in [-0.4, -0.2) is 38.3 Å². The Morgan fingerprint density at radius 3 is 2.37 bits per heavy atom. The van der Waals surface area contributed by atoms with E-state index >= 15 is 0 Å². The fourth-order valence-corrected chi connectivity index (χ4v) is 4.44. The number of para-hydroxylation sites is 1. The van der Waals surface area contributed by atoms with Gasteiger partial charge in [0.05, 0.1) is 17.1 Å². The lowest BCUT2D eigenvalue weighted by Crippen LogP contribution is -2.43. The van der Waals surface area contributed by atoms with Crippen LogP contribution in [0.15, 0.2) is 96.0 Å². The molecule has 3 heterocycles. The number of amides is 2. The summed E-state index contributed by atoms with van der Waals surface area (Å²) in [6, 6.07) is 26.4. The molecule has 9 heteroatoms. The number of hydrogen-bond donors (Lipinski definition) is 2. The molecule has 0 spiro atoms. The molecule has 1 aliphatic heterocycles. The molecule has 2 aromatic heterocycles. The van der Waals surface area contributed by atoms with Gasteiger partial charge in [0.15, 0.2) is 11.3 Å². The Morgan fingerprint density at radius 2 is 1.63 bits per heavy atom. The van der Waals surface area contributed by atoms with Gasteiger partial charge in [-0.1, -0.05) is 72.8 Å². The summed E-state index contributed by atoms with van der Waals surface area (Å²) in [6.07, 6.45) is -1.34. The lowest BCUT2D eigenvalue weighted by atomic mass is 10.0. The number of hydrogen-bond acceptors (Lipinski definition) is 5. The average Bonchev–Trinajstić information content (AvgIpc) is 3.25. The number of aliphatic imine (C=N–C) groups is 1. The van der Waals surface area contributed by atoms with Crippen LogP contribution in [0.3, 0.4) is 0 Å². The molecule has 2 N–H and O–H groups in total. The van der Waals surface area contributed by atoms with E-state index in [1.165, 1.54) is 10.6 Å². The molecule has 1 atom stereocenters. The summed E-state index contributed by atoms with van der Waals surface area (Å²) in [5.41, 5.74) is 3.93. The number of carbonyl (C=O) groups excluding carboxylic acids is 2. The molecule has 0 saturated carbocycles. The second-order valence-corrected chi connectivity index (χ2v) is 8.79. The van der Waals surface area contributed by atoms with Gasteiger partial charge in [0, 0.05) is 16.7 Å². The van der Waals surface area contributed by atoms with E-state index in [1.807, 2.05) is 67.6 Å². The number of nitrogens with one attached hydrogen (secondary N) is 2. The van der Waals surface area contributed by atoms with Crippen LogP contribution >= 0.6 is 0 Å². The van der Waals surface area contributed by atoms with Crippen LogP contribution in [0.25, 0.3) is 16.9 Å². The largest absolute Gasteiger partial charge is 0.321 e. The number of halogens is 1. The third-order valence-corrected chi connectivity index (χ3v) is 6.21. The molecule has 0 fully saturated rings. The zero-order chi connectivity index (χ0) is 26.2. The Bertz CT molecular complexity index is 1730. The van der Waals surface area contributed by atoms with Gasteiger partial charge < -0.3 is 10.6 Å².